The fourth-order valence-corrected chi connectivity index (χ4v) is 2.75. The molecule has 2 rings (SSSR count). The highest BCUT2D eigenvalue weighted by atomic mass is 35.5. The van der Waals surface area contributed by atoms with Gasteiger partial charge in [0.15, 0.2) is 0 Å². The van der Waals surface area contributed by atoms with E-state index in [0.29, 0.717) is 11.6 Å². The number of nitrogens with two attached hydrogens (primary N) is 1. The lowest BCUT2D eigenvalue weighted by Crippen LogP contribution is -2.12. The SMILES string of the molecule is COc1ccc(C(=N/C(=C\N(C)C)CN)c2ccccc2Cl)cc1C. The standard InChI is InChI=1S/C20H24ClN3O/c1-14-11-15(9-10-19(14)25-4)20(17-7-5-6-8-18(17)21)23-16(12-22)13-24(2)3/h5-11,13H,12,22H2,1-4H3/b16-13-,23-20?. The van der Waals surface area contributed by atoms with Gasteiger partial charge in [-0.15, -0.1) is 0 Å². The second-order valence-corrected chi connectivity index (χ2v) is 6.32. The van der Waals surface area contributed by atoms with Gasteiger partial charge in [-0.3, -0.25) is 0 Å². The molecule has 0 heterocycles. The van der Waals surface area contributed by atoms with Crippen molar-refractivity contribution in [1.82, 2.24) is 4.90 Å². The molecule has 0 saturated carbocycles. The number of methoxy groups -OCH3 is 1. The molecule has 0 aliphatic rings. The normalized spacial score (nSPS) is 12.2. The molecule has 0 saturated heterocycles. The van der Waals surface area contributed by atoms with Crippen LogP contribution in [0.15, 0.2) is 59.4 Å². The molecule has 0 spiro atoms. The molecule has 2 aromatic carbocycles. The van der Waals surface area contributed by atoms with Gasteiger partial charge in [-0.1, -0.05) is 29.8 Å². The molecule has 0 aliphatic heterocycles. The van der Waals surface area contributed by atoms with Crippen LogP contribution in [0, 0.1) is 6.92 Å². The van der Waals surface area contributed by atoms with Crippen molar-refractivity contribution in [2.45, 2.75) is 6.92 Å². The van der Waals surface area contributed by atoms with Crippen LogP contribution in [0.1, 0.15) is 16.7 Å². The zero-order valence-electron chi connectivity index (χ0n) is 15.1. The van der Waals surface area contributed by atoms with Gasteiger partial charge in [0.25, 0.3) is 0 Å². The number of rotatable bonds is 6. The van der Waals surface area contributed by atoms with E-state index >= 15 is 0 Å². The molecule has 4 nitrogen and oxygen atoms in total. The summed E-state index contributed by atoms with van der Waals surface area (Å²) in [6.07, 6.45) is 1.91. The molecule has 0 aromatic heterocycles. The maximum atomic E-state index is 6.43. The molecule has 5 heteroatoms. The summed E-state index contributed by atoms with van der Waals surface area (Å²) in [6.45, 7) is 2.34. The first-order valence-corrected chi connectivity index (χ1v) is 8.40. The molecule has 0 bridgehead atoms. The van der Waals surface area contributed by atoms with Gasteiger partial charge in [0.2, 0.25) is 0 Å². The zero-order chi connectivity index (χ0) is 18.4. The second kappa shape index (κ2) is 8.70. The minimum atomic E-state index is 0.335. The Kier molecular flexibility index (Phi) is 6.62. The van der Waals surface area contributed by atoms with Crippen LogP contribution in [-0.2, 0) is 0 Å². The van der Waals surface area contributed by atoms with E-state index in [9.17, 15) is 0 Å². The first-order valence-electron chi connectivity index (χ1n) is 8.02. The van der Waals surface area contributed by atoms with E-state index in [1.807, 2.05) is 74.6 Å². The average Bonchev–Trinajstić information content (AvgIpc) is 2.59. The van der Waals surface area contributed by atoms with Crippen molar-refractivity contribution in [3.05, 3.63) is 76.1 Å². The number of ether oxygens (including phenoxy) is 1. The van der Waals surface area contributed by atoms with Gasteiger partial charge in [-0.25, -0.2) is 4.99 Å². The second-order valence-electron chi connectivity index (χ2n) is 5.91. The molecule has 0 atom stereocenters. The summed E-state index contributed by atoms with van der Waals surface area (Å²) in [5.74, 6) is 0.838. The van der Waals surface area contributed by atoms with E-state index < -0.39 is 0 Å². The van der Waals surface area contributed by atoms with E-state index in [0.717, 1.165) is 33.8 Å². The minimum Gasteiger partial charge on any atom is -0.496 e. The number of aryl methyl sites for hydroxylation is 1. The van der Waals surface area contributed by atoms with Crippen molar-refractivity contribution in [1.29, 1.82) is 0 Å². The number of benzene rings is 2. The van der Waals surface area contributed by atoms with Crippen LogP contribution in [0.3, 0.4) is 0 Å². The van der Waals surface area contributed by atoms with Gasteiger partial charge in [0, 0.05) is 43.0 Å². The Balaban J connectivity index is 2.65. The van der Waals surface area contributed by atoms with Crippen molar-refractivity contribution >= 4 is 17.3 Å². The Morgan fingerprint density at radius 2 is 1.96 bits per heavy atom. The van der Waals surface area contributed by atoms with Gasteiger partial charge in [0.05, 0.1) is 18.5 Å². The quantitative estimate of drug-likeness (QED) is 0.799. The molecule has 2 N–H and O–H groups in total. The first kappa shape index (κ1) is 19.0. The predicted octanol–water partition coefficient (Wildman–Crippen LogP) is 3.86. The fraction of sp³-hybridized carbons (Fsp3) is 0.250. The molecule has 0 amide bonds. The van der Waals surface area contributed by atoms with Crippen molar-refractivity contribution in [2.24, 2.45) is 10.7 Å². The number of nitrogens with zero attached hydrogens (tertiary/aromatic N) is 2. The van der Waals surface area contributed by atoms with E-state index in [1.54, 1.807) is 7.11 Å². The summed E-state index contributed by atoms with van der Waals surface area (Å²) in [7, 11) is 5.55. The van der Waals surface area contributed by atoms with E-state index in [2.05, 4.69) is 0 Å². The van der Waals surface area contributed by atoms with E-state index in [-0.39, 0.29) is 0 Å². The summed E-state index contributed by atoms with van der Waals surface area (Å²) in [6, 6.07) is 13.6. The van der Waals surface area contributed by atoms with Crippen molar-refractivity contribution in [2.75, 3.05) is 27.7 Å². The van der Waals surface area contributed by atoms with Crippen molar-refractivity contribution < 1.29 is 4.74 Å². The van der Waals surface area contributed by atoms with Gasteiger partial charge in [0.1, 0.15) is 5.75 Å². The first-order chi connectivity index (χ1) is 12.0. The largest absolute Gasteiger partial charge is 0.496 e. The third-order valence-electron chi connectivity index (χ3n) is 3.67. The Morgan fingerprint density at radius 1 is 1.24 bits per heavy atom. The number of halogens is 1. The third kappa shape index (κ3) is 4.84. The van der Waals surface area contributed by atoms with Gasteiger partial charge < -0.3 is 15.4 Å². The smallest absolute Gasteiger partial charge is 0.121 e. The van der Waals surface area contributed by atoms with Crippen LogP contribution in [0.25, 0.3) is 0 Å². The van der Waals surface area contributed by atoms with Gasteiger partial charge >= 0.3 is 0 Å². The molecule has 132 valence electrons. The highest BCUT2D eigenvalue weighted by molar-refractivity contribution is 6.35. The van der Waals surface area contributed by atoms with Crippen LogP contribution >= 0.6 is 11.6 Å². The Labute approximate surface area is 154 Å². The maximum Gasteiger partial charge on any atom is 0.121 e. The molecule has 2 aromatic rings. The molecule has 0 aliphatic carbocycles. The Bertz CT molecular complexity index is 797. The van der Waals surface area contributed by atoms with Gasteiger partial charge in [-0.2, -0.15) is 0 Å². The van der Waals surface area contributed by atoms with Crippen LogP contribution in [0.5, 0.6) is 5.75 Å². The van der Waals surface area contributed by atoms with Crippen LogP contribution in [0.4, 0.5) is 0 Å². The average molecular weight is 358 g/mol. The molecular formula is C20H24ClN3O. The number of hydrogen-bond acceptors (Lipinski definition) is 4. The van der Waals surface area contributed by atoms with Gasteiger partial charge in [-0.05, 0) is 36.8 Å². The zero-order valence-corrected chi connectivity index (χ0v) is 15.8. The summed E-state index contributed by atoms with van der Waals surface area (Å²) in [4.78, 5) is 6.74. The van der Waals surface area contributed by atoms with Crippen LogP contribution in [-0.4, -0.2) is 38.4 Å². The topological polar surface area (TPSA) is 50.8 Å². The summed E-state index contributed by atoms with van der Waals surface area (Å²) < 4.78 is 5.36. The lowest BCUT2D eigenvalue weighted by Gasteiger charge is -2.14. The molecule has 0 fully saturated rings. The maximum absolute atomic E-state index is 6.43. The predicted molar refractivity (Wildman–Crippen MR) is 106 cm³/mol. The molecule has 0 unspecified atom stereocenters. The highest BCUT2D eigenvalue weighted by Crippen LogP contribution is 2.25. The summed E-state index contributed by atoms with van der Waals surface area (Å²) in [5.41, 5.74) is 10.3. The molecule has 25 heavy (non-hydrogen) atoms. The third-order valence-corrected chi connectivity index (χ3v) is 4.00. The highest BCUT2D eigenvalue weighted by Gasteiger charge is 2.13. The van der Waals surface area contributed by atoms with Crippen LogP contribution in [0.2, 0.25) is 5.02 Å². The summed E-state index contributed by atoms with van der Waals surface area (Å²) in [5, 5.41) is 0.649. The Hall–Kier alpha value is -2.30. The van der Waals surface area contributed by atoms with E-state index in [4.69, 9.17) is 27.1 Å². The summed E-state index contributed by atoms with van der Waals surface area (Å²) >= 11 is 6.43. The Morgan fingerprint density at radius 3 is 2.52 bits per heavy atom. The molecule has 0 radical (unpaired) electrons. The lowest BCUT2D eigenvalue weighted by atomic mass is 10.00. The monoisotopic (exact) mass is 357 g/mol. The number of hydrogen-bond donors (Lipinski definition) is 1. The number of aliphatic imine (C=N–C) groups is 1. The minimum absolute atomic E-state index is 0.335. The van der Waals surface area contributed by atoms with E-state index in [1.165, 1.54) is 0 Å². The lowest BCUT2D eigenvalue weighted by molar-refractivity contribution is 0.411. The van der Waals surface area contributed by atoms with Crippen molar-refractivity contribution in [3.63, 3.8) is 0 Å². The van der Waals surface area contributed by atoms with Crippen molar-refractivity contribution in [3.8, 4) is 5.75 Å². The fourth-order valence-electron chi connectivity index (χ4n) is 2.53. The molecular weight excluding hydrogens is 334 g/mol. The van der Waals surface area contributed by atoms with Crippen LogP contribution < -0.4 is 10.5 Å².